The minimum atomic E-state index is -1.83. The second-order valence-corrected chi connectivity index (χ2v) is 9.64. The molecule has 0 radical (unpaired) electrons. The predicted molar refractivity (Wildman–Crippen MR) is 54.8 cm³/mol. The van der Waals surface area contributed by atoms with Gasteiger partial charge in [0.1, 0.15) is 4.60 Å². The summed E-state index contributed by atoms with van der Waals surface area (Å²) in [5.41, 5.74) is 0. The van der Waals surface area contributed by atoms with E-state index in [1.807, 2.05) is 19.6 Å². The summed E-state index contributed by atoms with van der Waals surface area (Å²) in [6.45, 7) is 5.87. The van der Waals surface area contributed by atoms with Gasteiger partial charge in [-0.3, -0.25) is 0 Å². The fraction of sp³-hybridized carbons (Fsp3) is 0.375. The van der Waals surface area contributed by atoms with Crippen molar-refractivity contribution >= 4 is 29.2 Å². The van der Waals surface area contributed by atoms with Gasteiger partial charge in [-0.2, -0.15) is 4.39 Å². The maximum Gasteiger partial charge on any atom is 0.213 e. The van der Waals surface area contributed by atoms with Gasteiger partial charge in [0.15, 0.2) is 5.82 Å². The molecular weight excluding hydrogens is 256 g/mol. The van der Waals surface area contributed by atoms with Gasteiger partial charge in [-0.25, -0.2) is 9.37 Å². The van der Waals surface area contributed by atoms with Crippen LogP contribution >= 0.6 is 15.9 Å². The average molecular weight is 266 g/mol. The normalized spacial score (nSPS) is 11.8. The summed E-state index contributed by atoms with van der Waals surface area (Å²) in [5, 5.41) is 0.465. The van der Waals surface area contributed by atoms with Gasteiger partial charge in [-0.05, 0) is 27.2 Å². The Morgan fingerprint density at radius 2 is 1.85 bits per heavy atom. The van der Waals surface area contributed by atoms with Gasteiger partial charge < -0.3 is 0 Å². The number of aromatic nitrogens is 1. The highest BCUT2D eigenvalue weighted by molar-refractivity contribution is 9.10. The van der Waals surface area contributed by atoms with Crippen molar-refractivity contribution in [2.45, 2.75) is 19.6 Å². The molecule has 5 heteroatoms. The molecule has 72 valence electrons. The van der Waals surface area contributed by atoms with Crippen LogP contribution in [0, 0.1) is 11.8 Å². The van der Waals surface area contributed by atoms with E-state index in [9.17, 15) is 8.78 Å². The summed E-state index contributed by atoms with van der Waals surface area (Å²) >= 11 is 2.89. The lowest BCUT2D eigenvalue weighted by Crippen LogP contribution is -2.40. The quantitative estimate of drug-likeness (QED) is 0.562. The minimum Gasteiger partial charge on any atom is -0.210 e. The molecule has 1 aromatic heterocycles. The number of hydrogen-bond acceptors (Lipinski definition) is 1. The predicted octanol–water partition coefficient (Wildman–Crippen LogP) is 2.67. The van der Waals surface area contributed by atoms with Crippen LogP contribution in [0.15, 0.2) is 10.7 Å². The lowest BCUT2D eigenvalue weighted by atomic mass is 10.5. The fourth-order valence-electron chi connectivity index (χ4n) is 1.01. The van der Waals surface area contributed by atoms with Gasteiger partial charge >= 0.3 is 0 Å². The van der Waals surface area contributed by atoms with Gasteiger partial charge in [0.2, 0.25) is 5.95 Å². The molecule has 0 spiro atoms. The van der Waals surface area contributed by atoms with Crippen molar-refractivity contribution in [1.29, 1.82) is 0 Å². The van der Waals surface area contributed by atoms with Crippen LogP contribution in [0.4, 0.5) is 8.78 Å². The monoisotopic (exact) mass is 265 g/mol. The first-order valence-corrected chi connectivity index (χ1v) is 8.13. The van der Waals surface area contributed by atoms with Crippen LogP contribution in [-0.4, -0.2) is 13.1 Å². The van der Waals surface area contributed by atoms with E-state index < -0.39 is 19.8 Å². The van der Waals surface area contributed by atoms with Crippen molar-refractivity contribution in [3.63, 3.8) is 0 Å². The Balaban J connectivity index is 3.37. The highest BCUT2D eigenvalue weighted by Gasteiger charge is 2.23. The molecule has 1 aromatic rings. The van der Waals surface area contributed by atoms with Gasteiger partial charge in [-0.15, -0.1) is 0 Å². The van der Waals surface area contributed by atoms with Gasteiger partial charge in [0.05, 0.1) is 8.07 Å². The van der Waals surface area contributed by atoms with Crippen LogP contribution in [0.25, 0.3) is 0 Å². The molecule has 0 saturated carbocycles. The number of halogens is 3. The molecule has 0 fully saturated rings. The summed E-state index contributed by atoms with van der Waals surface area (Å²) in [5.74, 6) is -1.06. The highest BCUT2D eigenvalue weighted by atomic mass is 79.9. The van der Waals surface area contributed by atoms with Crippen LogP contribution in [0.3, 0.4) is 0 Å². The van der Waals surface area contributed by atoms with E-state index in [0.29, 0.717) is 5.19 Å². The van der Waals surface area contributed by atoms with Crippen molar-refractivity contribution in [3.8, 4) is 0 Å². The Hall–Kier alpha value is -0.293. The molecule has 0 N–H and O–H groups in total. The molecule has 13 heavy (non-hydrogen) atoms. The summed E-state index contributed by atoms with van der Waals surface area (Å²) in [6, 6.07) is 1.19. The van der Waals surface area contributed by atoms with Crippen molar-refractivity contribution in [3.05, 3.63) is 22.4 Å². The summed E-state index contributed by atoms with van der Waals surface area (Å²) in [4.78, 5) is 3.34. The molecule has 0 saturated heterocycles. The highest BCUT2D eigenvalue weighted by Crippen LogP contribution is 2.14. The molecule has 0 atom stereocenters. The van der Waals surface area contributed by atoms with Crippen molar-refractivity contribution in [2.75, 3.05) is 0 Å². The molecule has 0 aliphatic heterocycles. The molecule has 1 heterocycles. The van der Waals surface area contributed by atoms with Crippen LogP contribution in [0.2, 0.25) is 19.6 Å². The summed E-state index contributed by atoms with van der Waals surface area (Å²) in [7, 11) is -1.83. The topological polar surface area (TPSA) is 12.9 Å². The van der Waals surface area contributed by atoms with Gasteiger partial charge in [0.25, 0.3) is 0 Å². The molecule has 0 aliphatic rings. The molecular formula is C8H10BrF2NSi. The second kappa shape index (κ2) is 3.46. The van der Waals surface area contributed by atoms with E-state index >= 15 is 0 Å². The molecule has 0 amide bonds. The first-order valence-electron chi connectivity index (χ1n) is 3.84. The van der Waals surface area contributed by atoms with E-state index in [0.717, 1.165) is 0 Å². The molecule has 1 nitrogen and oxygen atoms in total. The number of rotatable bonds is 1. The Morgan fingerprint density at radius 3 is 2.31 bits per heavy atom. The smallest absolute Gasteiger partial charge is 0.210 e. The third-order valence-electron chi connectivity index (χ3n) is 1.69. The standard InChI is InChI=1S/C8H10BrF2NSi/c1-13(2,3)5-4-6(10)12-8(9)7(5)11/h4H,1-3H3. The van der Waals surface area contributed by atoms with Crippen molar-refractivity contribution in [2.24, 2.45) is 0 Å². The molecule has 0 bridgehead atoms. The zero-order valence-electron chi connectivity index (χ0n) is 7.66. The SMILES string of the molecule is C[Si](C)(C)c1cc(F)nc(Br)c1F. The average Bonchev–Trinajstić information content (AvgIpc) is 1.94. The zero-order chi connectivity index (χ0) is 10.2. The van der Waals surface area contributed by atoms with E-state index in [-0.39, 0.29) is 4.60 Å². The van der Waals surface area contributed by atoms with Crippen LogP contribution < -0.4 is 5.19 Å². The van der Waals surface area contributed by atoms with Gasteiger partial charge in [-0.1, -0.05) is 19.6 Å². The second-order valence-electron chi connectivity index (χ2n) is 3.85. The summed E-state index contributed by atoms with van der Waals surface area (Å²) in [6.07, 6.45) is 0. The Bertz CT molecular complexity index is 336. The maximum absolute atomic E-state index is 13.4. The van der Waals surface area contributed by atoms with Crippen LogP contribution in [0.1, 0.15) is 0 Å². The molecule has 1 rings (SSSR count). The maximum atomic E-state index is 13.4. The van der Waals surface area contributed by atoms with Gasteiger partial charge in [0, 0.05) is 0 Å². The molecule has 0 aromatic carbocycles. The molecule has 0 unspecified atom stereocenters. The largest absolute Gasteiger partial charge is 0.213 e. The number of nitrogens with zero attached hydrogens (tertiary/aromatic N) is 1. The number of pyridine rings is 1. The fourth-order valence-corrected chi connectivity index (χ4v) is 2.91. The van der Waals surface area contributed by atoms with Crippen molar-refractivity contribution in [1.82, 2.24) is 4.98 Å². The third kappa shape index (κ3) is 2.34. The third-order valence-corrected chi connectivity index (χ3v) is 4.20. The zero-order valence-corrected chi connectivity index (χ0v) is 10.2. The minimum absolute atomic E-state index is 0.0371. The first kappa shape index (κ1) is 10.8. The molecule has 0 aliphatic carbocycles. The Kier molecular flexibility index (Phi) is 2.87. The van der Waals surface area contributed by atoms with Crippen LogP contribution in [-0.2, 0) is 0 Å². The Morgan fingerprint density at radius 1 is 1.31 bits per heavy atom. The van der Waals surface area contributed by atoms with E-state index in [1.165, 1.54) is 6.07 Å². The van der Waals surface area contributed by atoms with Crippen molar-refractivity contribution < 1.29 is 8.78 Å². The van der Waals surface area contributed by atoms with E-state index in [1.54, 1.807) is 0 Å². The summed E-state index contributed by atoms with van der Waals surface area (Å²) < 4.78 is 26.3. The van der Waals surface area contributed by atoms with E-state index in [2.05, 4.69) is 20.9 Å². The van der Waals surface area contributed by atoms with Crippen LogP contribution in [0.5, 0.6) is 0 Å². The first-order chi connectivity index (χ1) is 5.82. The van der Waals surface area contributed by atoms with E-state index in [4.69, 9.17) is 0 Å². The number of hydrogen-bond donors (Lipinski definition) is 0. The lowest BCUT2D eigenvalue weighted by Gasteiger charge is -2.17. The Labute approximate surface area is 85.3 Å². The lowest BCUT2D eigenvalue weighted by molar-refractivity contribution is 0.557.